The summed E-state index contributed by atoms with van der Waals surface area (Å²) in [5, 5.41) is 0. The molecule has 0 fully saturated rings. The molecule has 0 bridgehead atoms. The van der Waals surface area contributed by atoms with Crippen molar-refractivity contribution in [3.8, 4) is 0 Å². The van der Waals surface area contributed by atoms with Crippen LogP contribution in [0.5, 0.6) is 0 Å². The van der Waals surface area contributed by atoms with Crippen LogP contribution in [0.4, 0.5) is 0 Å². The molecule has 0 spiro atoms. The van der Waals surface area contributed by atoms with Gasteiger partial charge in [-0.25, -0.2) is 4.57 Å². The molecule has 0 aromatic carbocycles. The third-order valence-electron chi connectivity index (χ3n) is 2.02. The van der Waals surface area contributed by atoms with Crippen molar-refractivity contribution >= 4 is 7.82 Å². The van der Waals surface area contributed by atoms with E-state index in [-0.39, 0.29) is 105 Å². The topological polar surface area (TPSA) is 66.8 Å². The Kier molecular flexibility index (Phi) is 27.7. The van der Waals surface area contributed by atoms with Gasteiger partial charge >= 0.3 is 96.5 Å². The third-order valence-corrected chi connectivity index (χ3v) is 2.51. The Bertz CT molecular complexity index is 189. The molecule has 0 aliphatic carbocycles. The van der Waals surface area contributed by atoms with Crippen LogP contribution in [0.3, 0.4) is 0 Å². The molecular formula is C8H22Na3O4P. The molecule has 4 nitrogen and oxygen atoms in total. The minimum Gasteiger partial charge on any atom is -1.00 e. The maximum atomic E-state index is 10.4. The van der Waals surface area contributed by atoms with E-state index in [2.05, 4.69) is 11.4 Å². The van der Waals surface area contributed by atoms with Crippen molar-refractivity contribution in [2.24, 2.45) is 5.92 Å². The van der Waals surface area contributed by atoms with Gasteiger partial charge in [0.1, 0.15) is 0 Å². The zero-order valence-corrected chi connectivity index (χ0v) is 18.2. The quantitative estimate of drug-likeness (QED) is 0.360. The first kappa shape index (κ1) is 27.5. The first-order valence-corrected chi connectivity index (χ1v) is 6.22. The summed E-state index contributed by atoms with van der Waals surface area (Å²) in [6, 6.07) is 0. The summed E-state index contributed by atoms with van der Waals surface area (Å²) < 4.78 is 14.8. The van der Waals surface area contributed by atoms with Gasteiger partial charge in [0.15, 0.2) is 0 Å². The van der Waals surface area contributed by atoms with E-state index in [0.29, 0.717) is 0 Å². The van der Waals surface area contributed by atoms with Crippen molar-refractivity contribution in [1.82, 2.24) is 0 Å². The van der Waals surface area contributed by atoms with Gasteiger partial charge in [0.2, 0.25) is 0 Å². The molecule has 86 valence electrons. The predicted octanol–water partition coefficient (Wildman–Crippen LogP) is -6.34. The molecule has 0 aromatic rings. The van der Waals surface area contributed by atoms with Crippen molar-refractivity contribution in [2.75, 3.05) is 6.61 Å². The van der Waals surface area contributed by atoms with Crippen molar-refractivity contribution in [1.29, 1.82) is 0 Å². The van der Waals surface area contributed by atoms with Crippen LogP contribution in [-0.2, 0) is 9.09 Å². The van der Waals surface area contributed by atoms with E-state index < -0.39 is 7.82 Å². The second-order valence-electron chi connectivity index (χ2n) is 3.20. The zero-order chi connectivity index (χ0) is 10.3. The summed E-state index contributed by atoms with van der Waals surface area (Å²) in [6.45, 7) is 4.26. The molecule has 0 heterocycles. The Balaban J connectivity index is -0.0000000480. The second kappa shape index (κ2) is 16.2. The van der Waals surface area contributed by atoms with Gasteiger partial charge in [-0.05, 0) is 12.3 Å². The van der Waals surface area contributed by atoms with Gasteiger partial charge in [0.25, 0.3) is 0 Å². The van der Waals surface area contributed by atoms with E-state index >= 15 is 0 Å². The van der Waals surface area contributed by atoms with E-state index in [0.717, 1.165) is 25.7 Å². The smallest absolute Gasteiger partial charge is 1.00 e. The van der Waals surface area contributed by atoms with Crippen LogP contribution in [0.2, 0.25) is 0 Å². The molecule has 0 radical (unpaired) electrons. The van der Waals surface area contributed by atoms with Gasteiger partial charge < -0.3 is 14.1 Å². The molecule has 2 N–H and O–H groups in total. The molecule has 0 aliphatic heterocycles. The van der Waals surface area contributed by atoms with Crippen molar-refractivity contribution in [2.45, 2.75) is 39.5 Å². The summed E-state index contributed by atoms with van der Waals surface area (Å²) in [4.78, 5) is 17.0. The van der Waals surface area contributed by atoms with Gasteiger partial charge in [0.05, 0.1) is 6.61 Å². The van der Waals surface area contributed by atoms with Crippen LogP contribution in [0.1, 0.15) is 43.8 Å². The molecule has 8 heteroatoms. The second-order valence-corrected chi connectivity index (χ2v) is 4.44. The minimum absolute atomic E-state index is 0. The summed E-state index contributed by atoms with van der Waals surface area (Å²) in [5.41, 5.74) is 0. The fraction of sp³-hybridized carbons (Fsp3) is 1.00. The van der Waals surface area contributed by atoms with Gasteiger partial charge in [-0.1, -0.05) is 33.1 Å². The normalized spacial score (nSPS) is 11.8. The largest absolute Gasteiger partial charge is 1.00 e. The first-order valence-electron chi connectivity index (χ1n) is 4.69. The maximum Gasteiger partial charge on any atom is 1.00 e. The molecular weight excluding hydrogens is 260 g/mol. The molecule has 1 atom stereocenters. The molecule has 0 aromatic heterocycles. The third kappa shape index (κ3) is 19.4. The Morgan fingerprint density at radius 2 is 1.75 bits per heavy atom. The number of phosphoric ester groups is 1. The van der Waals surface area contributed by atoms with E-state index in [4.69, 9.17) is 9.79 Å². The summed E-state index contributed by atoms with van der Waals surface area (Å²) in [7, 11) is -4.26. The van der Waals surface area contributed by atoms with Crippen LogP contribution < -0.4 is 88.7 Å². The molecule has 16 heavy (non-hydrogen) atoms. The summed E-state index contributed by atoms with van der Waals surface area (Å²) in [6.07, 6.45) is 4.07. The van der Waals surface area contributed by atoms with Crippen molar-refractivity contribution < 1.29 is 112 Å². The first-order chi connectivity index (χ1) is 5.99. The van der Waals surface area contributed by atoms with Gasteiger partial charge in [0, 0.05) is 0 Å². The Morgan fingerprint density at radius 3 is 2.06 bits per heavy atom. The van der Waals surface area contributed by atoms with Crippen LogP contribution in [0.15, 0.2) is 0 Å². The van der Waals surface area contributed by atoms with Crippen LogP contribution in [-0.4, -0.2) is 16.4 Å². The van der Waals surface area contributed by atoms with E-state index in [9.17, 15) is 4.57 Å². The summed E-state index contributed by atoms with van der Waals surface area (Å²) in [5.74, 6) is 0.271. The van der Waals surface area contributed by atoms with Crippen molar-refractivity contribution in [3.05, 3.63) is 0 Å². The molecule has 0 saturated carbocycles. The summed E-state index contributed by atoms with van der Waals surface area (Å²) >= 11 is 0. The molecule has 1 unspecified atom stereocenters. The Hall–Kier alpha value is 3.11. The van der Waals surface area contributed by atoms with E-state index in [1.54, 1.807) is 0 Å². The Morgan fingerprint density at radius 1 is 1.25 bits per heavy atom. The number of unbranched alkanes of at least 4 members (excludes halogenated alkanes) is 1. The van der Waals surface area contributed by atoms with Crippen LogP contribution >= 0.6 is 7.82 Å². The average Bonchev–Trinajstić information content (AvgIpc) is 2.03. The standard InChI is InChI=1S/C8H19O4P.3Na.3H/c1-3-5-6-8(4-2)7-12-13(9,10)11;;;;;;/h8H,3-7H2,1-2H3,(H2,9,10,11);;;;;;/q;3*+1;3*-1. The van der Waals surface area contributed by atoms with E-state index in [1.807, 2.05) is 6.92 Å². The maximum absolute atomic E-state index is 10.4. The SMILES string of the molecule is CCCCC(CC)COP(=O)(O)O.[H-].[H-].[H-].[Na+].[Na+].[Na+]. The number of phosphoric acid groups is 1. The molecule has 0 saturated heterocycles. The zero-order valence-electron chi connectivity index (χ0n) is 14.3. The van der Waals surface area contributed by atoms with Gasteiger partial charge in [-0.2, -0.15) is 0 Å². The number of hydrogen-bond acceptors (Lipinski definition) is 2. The number of hydrogen-bond donors (Lipinski definition) is 2. The van der Waals surface area contributed by atoms with Crippen LogP contribution in [0.25, 0.3) is 0 Å². The minimum atomic E-state index is -4.26. The fourth-order valence-corrected chi connectivity index (χ4v) is 1.51. The monoisotopic (exact) mass is 282 g/mol. The average molecular weight is 282 g/mol. The van der Waals surface area contributed by atoms with Crippen LogP contribution in [0, 0.1) is 5.92 Å². The number of rotatable bonds is 7. The fourth-order valence-electron chi connectivity index (χ4n) is 1.10. The van der Waals surface area contributed by atoms with E-state index in [1.165, 1.54) is 0 Å². The predicted molar refractivity (Wildman–Crippen MR) is 54.6 cm³/mol. The van der Waals surface area contributed by atoms with Gasteiger partial charge in [-0.3, -0.25) is 4.52 Å². The molecule has 0 amide bonds. The molecule has 0 aliphatic rings. The Labute approximate surface area is 169 Å². The molecule has 0 rings (SSSR count). The van der Waals surface area contributed by atoms with Crippen molar-refractivity contribution in [3.63, 3.8) is 0 Å². The van der Waals surface area contributed by atoms with Gasteiger partial charge in [-0.15, -0.1) is 0 Å².